The normalized spacial score (nSPS) is 20.5. The molecule has 8 rings (SSSR count). The van der Waals surface area contributed by atoms with Gasteiger partial charge < -0.3 is 39.4 Å². The first kappa shape index (κ1) is 109. The molecule has 0 aliphatic carbocycles. The molecule has 0 saturated heterocycles. The summed E-state index contributed by atoms with van der Waals surface area (Å²) >= 11 is 0. The quantitative estimate of drug-likeness (QED) is 0.0345. The maximum atomic E-state index is 10.8. The van der Waals surface area contributed by atoms with E-state index in [2.05, 4.69) is 187 Å². The van der Waals surface area contributed by atoms with Crippen LogP contribution in [0, 0.1) is 113 Å². The molecule has 706 valence electrons. The van der Waals surface area contributed by atoms with Gasteiger partial charge in [0.1, 0.15) is 68.4 Å². The summed E-state index contributed by atoms with van der Waals surface area (Å²) in [7, 11) is 0. The van der Waals surface area contributed by atoms with E-state index in [1.54, 1.807) is 0 Å². The Bertz CT molecular complexity index is 3650. The molecule has 123 heavy (non-hydrogen) atoms. The van der Waals surface area contributed by atoms with Gasteiger partial charge in [-0.05, 0) is 324 Å². The predicted octanol–water partition coefficient (Wildman–Crippen LogP) is 35.2. The lowest BCUT2D eigenvalue weighted by Gasteiger charge is -2.38. The van der Waals surface area contributed by atoms with Crippen molar-refractivity contribution in [2.24, 2.45) is 71.0 Å². The number of rotatable bonds is 50. The molecule has 0 bridgehead atoms. The van der Waals surface area contributed by atoms with Gasteiger partial charge in [-0.2, -0.15) is 0 Å². The first-order chi connectivity index (χ1) is 57.9. The first-order valence-electron chi connectivity index (χ1n) is 52.0. The number of ether oxygens (including phenoxy) is 4. The minimum atomic E-state index is -0.0833. The zero-order valence-corrected chi connectivity index (χ0v) is 86.1. The number of hydrogen-bond acceptors (Lipinski definition) is 8. The molecular weight excluding hydrogens is 1510 g/mol. The van der Waals surface area contributed by atoms with Gasteiger partial charge in [-0.3, -0.25) is 0 Å². The fourth-order valence-electron chi connectivity index (χ4n) is 21.0. The molecule has 0 radical (unpaired) electrons. The summed E-state index contributed by atoms with van der Waals surface area (Å²) in [6, 6.07) is 7.47. The highest BCUT2D eigenvalue weighted by Gasteiger charge is 2.39. The minimum Gasteiger partial charge on any atom is -0.508 e. The lowest BCUT2D eigenvalue weighted by molar-refractivity contribution is 0.0508. The number of aromatic hydroxyl groups is 4. The highest BCUT2D eigenvalue weighted by molar-refractivity contribution is 5.60. The SMILES string of the molecule is CCc1c(O)cc(C)c2c1CCC(C)(CCCC(C)CCCC(C)CCCC(C)C)O2.Cc1c(O)c(C(C)C)c(C)c2c1CCC(C)(CCCC(C)CCCC(C)CCCC(C)C)O2.Cc1c(O)cc2c(c1C)OC(C)(CCCC(C)CCCC(C)CCCC(C)C)CC2.Cc1cc(O)cc2c1OC(C)(CCCC(C)CCCC(C)CCCC(C)C)CC2. The zero-order valence-electron chi connectivity index (χ0n) is 86.1. The third-order valence-electron chi connectivity index (χ3n) is 30.0. The standard InChI is InChI=1S/C31H54O2.C29H50O2.C28H48O2.C27H46O2/c1-21(2)13-10-14-23(5)15-11-16-24(6)17-12-19-31(9)20-18-27-25(7)29(32)28(22(3)4)26(8)30(27)33-31;1-8-25-26-17-19-29(7,31-28(26)24(6)20-27(25)30)18-11-16-23(5)15-10-14-22(4)13-9-12-21(2)3;1-20(2)11-8-12-21(3)13-9-14-22(4)15-10-17-28(7)18-16-25-19-26(29)23(5)24(6)27(25)30-28;1-20(2)10-7-11-21(3)12-8-13-22(4)14-9-16-27(6)17-15-24-19-25(28)18-23(5)26(24)29-27/h21-24,32H,10-20H2,1-9H3;20-23,30H,8-19H2,1-7H3;19-22,29H,8-18H2,1-7H3;18-22,28H,7-17H2,1-6H3. The van der Waals surface area contributed by atoms with Gasteiger partial charge in [-0.15, -0.1) is 0 Å². The maximum absolute atomic E-state index is 10.8. The lowest BCUT2D eigenvalue weighted by atomic mass is 9.82. The van der Waals surface area contributed by atoms with Crippen LogP contribution in [0.25, 0.3) is 0 Å². The summed E-state index contributed by atoms with van der Waals surface area (Å²) in [6.07, 6.45) is 57.1. The summed E-state index contributed by atoms with van der Waals surface area (Å²) in [4.78, 5) is 0. The van der Waals surface area contributed by atoms with Gasteiger partial charge in [0.05, 0.1) is 0 Å². The van der Waals surface area contributed by atoms with Crippen LogP contribution in [-0.2, 0) is 32.1 Å². The molecule has 12 atom stereocenters. The smallest absolute Gasteiger partial charge is 0.127 e. The Labute approximate surface area is 760 Å². The molecular formula is C115H198O8. The first-order valence-corrected chi connectivity index (χ1v) is 52.0. The molecule has 4 aliphatic heterocycles. The van der Waals surface area contributed by atoms with Gasteiger partial charge in [0.2, 0.25) is 0 Å². The molecule has 4 aromatic carbocycles. The number of aryl methyl sites for hydroxylation is 4. The van der Waals surface area contributed by atoms with E-state index in [1.807, 2.05) is 38.1 Å². The van der Waals surface area contributed by atoms with Crippen molar-refractivity contribution in [1.29, 1.82) is 0 Å². The molecule has 0 amide bonds. The van der Waals surface area contributed by atoms with E-state index in [0.29, 0.717) is 28.9 Å². The van der Waals surface area contributed by atoms with E-state index >= 15 is 0 Å². The van der Waals surface area contributed by atoms with Crippen molar-refractivity contribution in [2.45, 2.75) is 518 Å². The molecule has 4 aliphatic rings. The van der Waals surface area contributed by atoms with Crippen LogP contribution in [0.1, 0.15) is 489 Å². The van der Waals surface area contributed by atoms with Crippen molar-refractivity contribution in [3.63, 3.8) is 0 Å². The summed E-state index contributed by atoms with van der Waals surface area (Å²) < 4.78 is 26.3. The number of hydrogen-bond donors (Lipinski definition) is 4. The highest BCUT2D eigenvalue weighted by Crippen LogP contribution is 2.49. The Hall–Kier alpha value is -4.72. The number of benzene rings is 4. The van der Waals surface area contributed by atoms with E-state index in [-0.39, 0.29) is 22.4 Å². The van der Waals surface area contributed by atoms with E-state index < -0.39 is 0 Å². The van der Waals surface area contributed by atoms with Crippen LogP contribution >= 0.6 is 0 Å². The average molecular weight is 1710 g/mol. The van der Waals surface area contributed by atoms with Crippen molar-refractivity contribution in [3.05, 3.63) is 91.0 Å². The van der Waals surface area contributed by atoms with Gasteiger partial charge in [0.15, 0.2) is 0 Å². The maximum Gasteiger partial charge on any atom is 0.127 e. The molecule has 8 nitrogen and oxygen atoms in total. The fourth-order valence-corrected chi connectivity index (χ4v) is 21.0. The Morgan fingerprint density at radius 1 is 0.293 bits per heavy atom. The van der Waals surface area contributed by atoms with Gasteiger partial charge >= 0.3 is 0 Å². The van der Waals surface area contributed by atoms with Crippen molar-refractivity contribution in [2.75, 3.05) is 0 Å². The van der Waals surface area contributed by atoms with Crippen LogP contribution in [0.3, 0.4) is 0 Å². The second-order valence-corrected chi connectivity index (χ2v) is 45.4. The molecule has 4 N–H and O–H groups in total. The van der Waals surface area contributed by atoms with Gasteiger partial charge in [-0.25, -0.2) is 0 Å². The summed E-state index contributed by atoms with van der Waals surface area (Å²) in [5, 5.41) is 41.0. The summed E-state index contributed by atoms with van der Waals surface area (Å²) in [5.41, 5.74) is 13.0. The number of phenolic OH excluding ortho intramolecular Hbond substituents is 4. The summed E-state index contributed by atoms with van der Waals surface area (Å²) in [6.45, 7) is 66.0. The highest BCUT2D eigenvalue weighted by atomic mass is 16.5. The Morgan fingerprint density at radius 3 is 0.927 bits per heavy atom. The number of fused-ring (bicyclic) bond motifs is 4. The van der Waals surface area contributed by atoms with Crippen molar-refractivity contribution >= 4 is 0 Å². The Morgan fingerprint density at radius 2 is 0.585 bits per heavy atom. The van der Waals surface area contributed by atoms with Crippen LogP contribution in [0.5, 0.6) is 46.0 Å². The molecule has 0 spiro atoms. The van der Waals surface area contributed by atoms with Crippen molar-refractivity contribution in [3.8, 4) is 46.0 Å². The van der Waals surface area contributed by atoms with E-state index in [1.165, 1.54) is 222 Å². The van der Waals surface area contributed by atoms with E-state index in [9.17, 15) is 20.4 Å². The molecule has 12 unspecified atom stereocenters. The third-order valence-corrected chi connectivity index (χ3v) is 30.0. The monoisotopic (exact) mass is 1710 g/mol. The second kappa shape index (κ2) is 54.1. The molecule has 8 heteroatoms. The van der Waals surface area contributed by atoms with Crippen LogP contribution in [-0.4, -0.2) is 42.8 Å². The Balaban J connectivity index is 0.000000292. The van der Waals surface area contributed by atoms with Gasteiger partial charge in [0, 0.05) is 22.3 Å². The van der Waals surface area contributed by atoms with Crippen LogP contribution in [0.4, 0.5) is 0 Å². The molecule has 0 saturated carbocycles. The largest absolute Gasteiger partial charge is 0.508 e. The van der Waals surface area contributed by atoms with Crippen LogP contribution < -0.4 is 18.9 Å². The van der Waals surface area contributed by atoms with E-state index in [0.717, 1.165) is 228 Å². The van der Waals surface area contributed by atoms with Gasteiger partial charge in [0.25, 0.3) is 0 Å². The Kier molecular flexibility index (Phi) is 47.8. The molecule has 0 aromatic heterocycles. The topological polar surface area (TPSA) is 118 Å². The fraction of sp³-hybridized carbons (Fsp3) is 0.791. The zero-order chi connectivity index (χ0) is 91.5. The van der Waals surface area contributed by atoms with Crippen LogP contribution in [0.2, 0.25) is 0 Å². The van der Waals surface area contributed by atoms with Gasteiger partial charge in [-0.1, -0.05) is 311 Å². The van der Waals surface area contributed by atoms with Crippen molar-refractivity contribution in [1.82, 2.24) is 0 Å². The van der Waals surface area contributed by atoms with E-state index in [4.69, 9.17) is 18.9 Å². The average Bonchev–Trinajstić information content (AvgIpc) is 0.762. The minimum absolute atomic E-state index is 0.0562. The molecule has 0 fully saturated rings. The molecule has 4 heterocycles. The lowest BCUT2D eigenvalue weighted by Crippen LogP contribution is -2.37. The third kappa shape index (κ3) is 38.5. The summed E-state index contributed by atoms with van der Waals surface area (Å²) in [5.74, 6) is 16.3. The van der Waals surface area contributed by atoms with Crippen molar-refractivity contribution < 1.29 is 39.4 Å². The predicted molar refractivity (Wildman–Crippen MR) is 533 cm³/mol. The number of phenols is 4. The second-order valence-electron chi connectivity index (χ2n) is 45.4. The molecule has 4 aromatic rings. The van der Waals surface area contributed by atoms with Crippen LogP contribution in [0.15, 0.2) is 24.3 Å².